The Morgan fingerprint density at radius 1 is 1.16 bits per heavy atom. The van der Waals surface area contributed by atoms with E-state index in [-0.39, 0.29) is 11.5 Å². The summed E-state index contributed by atoms with van der Waals surface area (Å²) in [4.78, 5) is 34.2. The Labute approximate surface area is 180 Å². The van der Waals surface area contributed by atoms with Crippen molar-refractivity contribution in [3.05, 3.63) is 52.4 Å². The Morgan fingerprint density at radius 2 is 1.87 bits per heavy atom. The highest BCUT2D eigenvalue weighted by Gasteiger charge is 2.43. The lowest BCUT2D eigenvalue weighted by Crippen LogP contribution is -2.35. The third kappa shape index (κ3) is 3.17. The van der Waals surface area contributed by atoms with Crippen LogP contribution in [0.5, 0.6) is 5.75 Å². The van der Waals surface area contributed by atoms with Gasteiger partial charge in [-0.15, -0.1) is 0 Å². The number of rotatable bonds is 4. The van der Waals surface area contributed by atoms with Crippen molar-refractivity contribution < 1.29 is 9.53 Å². The molecule has 162 valence electrons. The Morgan fingerprint density at radius 3 is 2.55 bits per heavy atom. The second-order valence-electron chi connectivity index (χ2n) is 8.48. The normalized spacial score (nSPS) is 20.5. The van der Waals surface area contributed by atoms with Crippen LogP contribution in [0.25, 0.3) is 11.0 Å². The Balaban J connectivity index is 1.35. The highest BCUT2D eigenvalue weighted by atomic mass is 16.5. The molecule has 8 nitrogen and oxygen atoms in total. The minimum atomic E-state index is -0.193. The molecule has 5 rings (SSSR count). The smallest absolute Gasteiger partial charge is 0.259 e. The molecule has 1 aromatic carbocycles. The molecule has 2 aromatic heterocycles. The maximum Gasteiger partial charge on any atom is 0.259 e. The van der Waals surface area contributed by atoms with Gasteiger partial charge in [-0.05, 0) is 19.1 Å². The fourth-order valence-electron chi connectivity index (χ4n) is 5.05. The average Bonchev–Trinajstić information content (AvgIpc) is 3.45. The van der Waals surface area contributed by atoms with Gasteiger partial charge in [-0.25, -0.2) is 4.98 Å². The summed E-state index contributed by atoms with van der Waals surface area (Å²) in [5.41, 5.74) is 2.43. The van der Waals surface area contributed by atoms with Crippen molar-refractivity contribution in [2.45, 2.75) is 13.5 Å². The Bertz CT molecular complexity index is 1200. The van der Waals surface area contributed by atoms with Crippen LogP contribution in [0, 0.1) is 11.8 Å². The van der Waals surface area contributed by atoms with E-state index >= 15 is 0 Å². The molecular formula is C23H27N5O3. The van der Waals surface area contributed by atoms with Crippen molar-refractivity contribution in [3.63, 3.8) is 0 Å². The van der Waals surface area contributed by atoms with Crippen LogP contribution in [0.1, 0.15) is 17.3 Å². The average molecular weight is 422 g/mol. The molecule has 31 heavy (non-hydrogen) atoms. The van der Waals surface area contributed by atoms with Crippen LogP contribution in [-0.2, 0) is 13.6 Å². The number of ether oxygens (including phenoxy) is 1. The number of pyridine rings is 1. The monoisotopic (exact) mass is 421 g/mol. The second kappa shape index (κ2) is 7.44. The molecule has 1 amide bonds. The maximum absolute atomic E-state index is 13.2. The molecule has 2 atom stereocenters. The zero-order chi connectivity index (χ0) is 21.7. The van der Waals surface area contributed by atoms with Crippen LogP contribution in [0.3, 0.4) is 0 Å². The molecule has 0 N–H and O–H groups in total. The predicted molar refractivity (Wildman–Crippen MR) is 119 cm³/mol. The van der Waals surface area contributed by atoms with Gasteiger partial charge in [-0.3, -0.25) is 9.59 Å². The van der Waals surface area contributed by atoms with Crippen molar-refractivity contribution in [1.82, 2.24) is 19.0 Å². The zero-order valence-electron chi connectivity index (χ0n) is 18.1. The summed E-state index contributed by atoms with van der Waals surface area (Å²) in [6.07, 6.45) is 1.58. The molecule has 4 heterocycles. The fraction of sp³-hybridized carbons (Fsp3) is 0.435. The van der Waals surface area contributed by atoms with E-state index in [2.05, 4.69) is 34.6 Å². The van der Waals surface area contributed by atoms with Crippen LogP contribution in [-0.4, -0.2) is 58.2 Å². The minimum Gasteiger partial charge on any atom is -0.496 e. The van der Waals surface area contributed by atoms with Crippen molar-refractivity contribution in [2.24, 2.45) is 18.9 Å². The molecule has 3 aromatic rings. The molecule has 2 unspecified atom stereocenters. The van der Waals surface area contributed by atoms with Gasteiger partial charge in [0.1, 0.15) is 5.75 Å². The van der Waals surface area contributed by atoms with Gasteiger partial charge in [0.15, 0.2) is 0 Å². The number of benzene rings is 1. The largest absolute Gasteiger partial charge is 0.496 e. The van der Waals surface area contributed by atoms with E-state index in [1.165, 1.54) is 17.7 Å². The first kappa shape index (κ1) is 19.7. The first-order valence-corrected chi connectivity index (χ1v) is 10.7. The third-order valence-electron chi connectivity index (χ3n) is 6.65. The summed E-state index contributed by atoms with van der Waals surface area (Å²) >= 11 is 0. The van der Waals surface area contributed by atoms with Gasteiger partial charge in [0.25, 0.3) is 11.5 Å². The maximum atomic E-state index is 13.2. The SMILES string of the molecule is CCn1c(N2CC3CN(C(=O)c4cn(C)c(=O)cc4OC)CC3C2)nc2ccccc21. The van der Waals surface area contributed by atoms with Gasteiger partial charge in [0, 0.05) is 63.9 Å². The number of para-hydroxylation sites is 2. The van der Waals surface area contributed by atoms with Crippen LogP contribution in [0.2, 0.25) is 0 Å². The van der Waals surface area contributed by atoms with Crippen LogP contribution < -0.4 is 15.2 Å². The van der Waals surface area contributed by atoms with Gasteiger partial charge in [0.2, 0.25) is 5.95 Å². The number of aromatic nitrogens is 3. The van der Waals surface area contributed by atoms with E-state index in [4.69, 9.17) is 9.72 Å². The summed E-state index contributed by atoms with van der Waals surface area (Å²) in [7, 11) is 3.14. The van der Waals surface area contributed by atoms with Gasteiger partial charge in [-0.2, -0.15) is 0 Å². The highest BCUT2D eigenvalue weighted by molar-refractivity contribution is 5.96. The van der Waals surface area contributed by atoms with E-state index in [9.17, 15) is 9.59 Å². The third-order valence-corrected chi connectivity index (χ3v) is 6.65. The molecule has 2 saturated heterocycles. The van der Waals surface area contributed by atoms with Crippen molar-refractivity contribution in [2.75, 3.05) is 38.2 Å². The highest BCUT2D eigenvalue weighted by Crippen LogP contribution is 2.36. The number of methoxy groups -OCH3 is 1. The number of anilines is 1. The summed E-state index contributed by atoms with van der Waals surface area (Å²) in [5, 5.41) is 0. The molecule has 2 fully saturated rings. The van der Waals surface area contributed by atoms with E-state index in [0.29, 0.717) is 36.2 Å². The first-order valence-electron chi connectivity index (χ1n) is 10.7. The molecular weight excluding hydrogens is 394 g/mol. The van der Waals surface area contributed by atoms with Gasteiger partial charge in [0.05, 0.1) is 23.7 Å². The standard InChI is InChI=1S/C23H27N5O3/c1-4-28-19-8-6-5-7-18(19)24-23(28)27-12-15-10-26(11-16(15)13-27)22(30)17-14-25(2)21(29)9-20(17)31-3/h5-9,14-16H,4,10-13H2,1-3H3. The van der Waals surface area contributed by atoms with Crippen LogP contribution in [0.4, 0.5) is 5.95 Å². The molecule has 0 saturated carbocycles. The number of hydrogen-bond acceptors (Lipinski definition) is 5. The predicted octanol–water partition coefficient (Wildman–Crippen LogP) is 1.97. The topological polar surface area (TPSA) is 72.6 Å². The summed E-state index contributed by atoms with van der Waals surface area (Å²) in [5.74, 6) is 2.11. The molecule has 2 aliphatic rings. The van der Waals surface area contributed by atoms with Gasteiger partial charge < -0.3 is 23.7 Å². The molecule has 0 radical (unpaired) electrons. The Kier molecular flexibility index (Phi) is 4.72. The lowest BCUT2D eigenvalue weighted by molar-refractivity contribution is 0.0778. The van der Waals surface area contributed by atoms with Crippen LogP contribution >= 0.6 is 0 Å². The molecule has 2 aliphatic heterocycles. The lowest BCUT2D eigenvalue weighted by atomic mass is 10.0. The number of aryl methyl sites for hydroxylation is 2. The first-order chi connectivity index (χ1) is 15.0. The Hall–Kier alpha value is -3.29. The number of fused-ring (bicyclic) bond motifs is 2. The van der Waals surface area contributed by atoms with Crippen molar-refractivity contribution in [1.29, 1.82) is 0 Å². The number of nitrogens with zero attached hydrogens (tertiary/aromatic N) is 5. The van der Waals surface area contributed by atoms with Crippen molar-refractivity contribution in [3.8, 4) is 5.75 Å². The number of carbonyl (C=O) groups is 1. The zero-order valence-corrected chi connectivity index (χ0v) is 18.1. The molecule has 0 bridgehead atoms. The summed E-state index contributed by atoms with van der Waals surface area (Å²) in [6.45, 7) is 6.22. The van der Waals surface area contributed by atoms with Gasteiger partial charge in [-0.1, -0.05) is 12.1 Å². The van der Waals surface area contributed by atoms with Crippen LogP contribution in [0.15, 0.2) is 41.3 Å². The molecule has 8 heteroatoms. The quantitative estimate of drug-likeness (QED) is 0.644. The van der Waals surface area contributed by atoms with E-state index < -0.39 is 0 Å². The number of carbonyl (C=O) groups excluding carboxylic acids is 1. The number of likely N-dealkylation sites (tertiary alicyclic amines) is 1. The van der Waals surface area contributed by atoms with E-state index in [1.54, 1.807) is 13.2 Å². The number of hydrogen-bond donors (Lipinski definition) is 0. The second-order valence-corrected chi connectivity index (χ2v) is 8.48. The van der Waals surface area contributed by atoms with E-state index in [1.807, 2.05) is 11.0 Å². The minimum absolute atomic E-state index is 0.0748. The molecule has 0 spiro atoms. The van der Waals surface area contributed by atoms with Gasteiger partial charge >= 0.3 is 0 Å². The number of amides is 1. The number of imidazole rings is 1. The molecule has 0 aliphatic carbocycles. The summed E-state index contributed by atoms with van der Waals surface area (Å²) in [6, 6.07) is 9.63. The fourth-order valence-corrected chi connectivity index (χ4v) is 5.05. The van der Waals surface area contributed by atoms with E-state index in [0.717, 1.165) is 36.6 Å². The lowest BCUT2D eigenvalue weighted by Gasteiger charge is -2.23. The van der Waals surface area contributed by atoms with Crippen molar-refractivity contribution >= 4 is 22.9 Å². The summed E-state index contributed by atoms with van der Waals surface area (Å²) < 4.78 is 9.00.